The Morgan fingerprint density at radius 2 is 1.95 bits per heavy atom. The number of nitrogens with two attached hydrogens (primary N) is 1. The third-order valence-electron chi connectivity index (χ3n) is 3.28. The van der Waals surface area contributed by atoms with Crippen LogP contribution in [0.3, 0.4) is 0 Å². The normalized spacial score (nSPS) is 11.1. The average Bonchev–Trinajstić information content (AvgIpc) is 3.09. The Kier molecular flexibility index (Phi) is 3.09. The van der Waals surface area contributed by atoms with Crippen LogP contribution in [0.5, 0.6) is 5.75 Å². The Morgan fingerprint density at radius 3 is 2.82 bits per heavy atom. The summed E-state index contributed by atoms with van der Waals surface area (Å²) in [6.45, 7) is 0. The van der Waals surface area contributed by atoms with E-state index in [-0.39, 0.29) is 0 Å². The van der Waals surface area contributed by atoms with Crippen LogP contribution in [0.15, 0.2) is 36.4 Å². The summed E-state index contributed by atoms with van der Waals surface area (Å²) >= 11 is 3.06. The van der Waals surface area contributed by atoms with Crippen molar-refractivity contribution >= 4 is 59.1 Å². The highest BCUT2D eigenvalue weighted by molar-refractivity contribution is 7.25. The Labute approximate surface area is 134 Å². The zero-order valence-corrected chi connectivity index (χ0v) is 13.3. The van der Waals surface area contributed by atoms with E-state index in [1.807, 2.05) is 36.4 Å². The number of ether oxygens (including phenoxy) is 1. The zero-order valence-electron chi connectivity index (χ0n) is 11.7. The summed E-state index contributed by atoms with van der Waals surface area (Å²) in [5.74, 6) is 0.786. The standard InChI is InChI=1S/C15H12N4OS2/c1-20-10-5-3-2-4-8(10)18-15-19-12-11(21-15)7-6-9-13(12)22-14(16)17-9/h2-7H,1H3,(H2,16,17)(H,18,19). The smallest absolute Gasteiger partial charge is 0.188 e. The number of hydrogen-bond donors (Lipinski definition) is 2. The van der Waals surface area contributed by atoms with Gasteiger partial charge in [0.05, 0.1) is 27.7 Å². The monoisotopic (exact) mass is 328 g/mol. The van der Waals surface area contributed by atoms with Crippen molar-refractivity contribution < 1.29 is 4.74 Å². The molecular formula is C15H12N4OS2. The second-order valence-corrected chi connectivity index (χ2v) is 6.72. The first-order valence-corrected chi connectivity index (χ1v) is 8.23. The van der Waals surface area contributed by atoms with Gasteiger partial charge in [0.15, 0.2) is 10.3 Å². The van der Waals surface area contributed by atoms with Crippen molar-refractivity contribution in [2.75, 3.05) is 18.2 Å². The van der Waals surface area contributed by atoms with E-state index in [4.69, 9.17) is 15.5 Å². The van der Waals surface area contributed by atoms with E-state index in [1.165, 1.54) is 11.3 Å². The van der Waals surface area contributed by atoms with Crippen LogP contribution >= 0.6 is 22.7 Å². The number of benzene rings is 2. The van der Waals surface area contributed by atoms with Gasteiger partial charge in [0.1, 0.15) is 11.3 Å². The Bertz CT molecular complexity index is 976. The number of methoxy groups -OCH3 is 1. The molecule has 0 unspecified atom stereocenters. The van der Waals surface area contributed by atoms with E-state index < -0.39 is 0 Å². The fourth-order valence-corrected chi connectivity index (χ4v) is 4.09. The van der Waals surface area contributed by atoms with Crippen molar-refractivity contribution in [3.63, 3.8) is 0 Å². The third kappa shape index (κ3) is 2.15. The maximum atomic E-state index is 5.80. The van der Waals surface area contributed by atoms with Crippen molar-refractivity contribution in [3.05, 3.63) is 36.4 Å². The van der Waals surface area contributed by atoms with Crippen molar-refractivity contribution in [1.82, 2.24) is 9.97 Å². The highest BCUT2D eigenvalue weighted by Crippen LogP contribution is 2.37. The molecule has 110 valence electrons. The number of aromatic nitrogens is 2. The second-order valence-electron chi connectivity index (χ2n) is 4.66. The van der Waals surface area contributed by atoms with Gasteiger partial charge >= 0.3 is 0 Å². The molecule has 0 radical (unpaired) electrons. The molecule has 0 atom stereocenters. The van der Waals surface area contributed by atoms with Crippen molar-refractivity contribution in [3.8, 4) is 5.75 Å². The Hall–Kier alpha value is -2.38. The van der Waals surface area contributed by atoms with E-state index in [0.717, 1.165) is 37.0 Å². The van der Waals surface area contributed by atoms with Crippen LogP contribution in [-0.2, 0) is 0 Å². The van der Waals surface area contributed by atoms with Gasteiger partial charge in [-0.05, 0) is 24.3 Å². The summed E-state index contributed by atoms with van der Waals surface area (Å²) in [6, 6.07) is 11.8. The molecule has 7 heteroatoms. The van der Waals surface area contributed by atoms with Crippen LogP contribution in [0.1, 0.15) is 0 Å². The molecular weight excluding hydrogens is 316 g/mol. The number of anilines is 3. The maximum absolute atomic E-state index is 5.80. The van der Waals surface area contributed by atoms with Crippen LogP contribution in [0.2, 0.25) is 0 Å². The fraction of sp³-hybridized carbons (Fsp3) is 0.0667. The van der Waals surface area contributed by atoms with Crippen molar-refractivity contribution in [2.45, 2.75) is 0 Å². The quantitative estimate of drug-likeness (QED) is 0.588. The first kappa shape index (κ1) is 13.3. The molecule has 4 rings (SSSR count). The topological polar surface area (TPSA) is 73.1 Å². The number of fused-ring (bicyclic) bond motifs is 3. The second kappa shape index (κ2) is 5.11. The third-order valence-corrected chi connectivity index (χ3v) is 5.12. The highest BCUT2D eigenvalue weighted by Gasteiger charge is 2.12. The van der Waals surface area contributed by atoms with Gasteiger partial charge in [-0.1, -0.05) is 34.8 Å². The lowest BCUT2D eigenvalue weighted by Gasteiger charge is -2.07. The van der Waals surface area contributed by atoms with Gasteiger partial charge in [-0.15, -0.1) is 0 Å². The van der Waals surface area contributed by atoms with E-state index in [9.17, 15) is 0 Å². The molecule has 3 N–H and O–H groups in total. The SMILES string of the molecule is COc1ccccc1Nc1nc2c(ccc3nc(N)sc32)s1. The first-order valence-electron chi connectivity index (χ1n) is 6.60. The number of thiazole rings is 2. The van der Waals surface area contributed by atoms with Gasteiger partial charge in [0.25, 0.3) is 0 Å². The molecule has 0 saturated carbocycles. The van der Waals surface area contributed by atoms with Crippen LogP contribution in [-0.4, -0.2) is 17.1 Å². The summed E-state index contributed by atoms with van der Waals surface area (Å²) in [5.41, 5.74) is 8.53. The molecule has 5 nitrogen and oxygen atoms in total. The minimum atomic E-state index is 0.565. The Balaban J connectivity index is 1.81. The molecule has 0 fully saturated rings. The van der Waals surface area contributed by atoms with Crippen molar-refractivity contribution in [1.29, 1.82) is 0 Å². The van der Waals surface area contributed by atoms with E-state index in [0.29, 0.717) is 5.13 Å². The van der Waals surface area contributed by atoms with Gasteiger partial charge in [-0.3, -0.25) is 0 Å². The van der Waals surface area contributed by atoms with Crippen LogP contribution in [0.25, 0.3) is 20.4 Å². The minimum absolute atomic E-state index is 0.565. The number of nitrogens with one attached hydrogen (secondary N) is 1. The summed E-state index contributed by atoms with van der Waals surface area (Å²) in [7, 11) is 1.66. The largest absolute Gasteiger partial charge is 0.495 e. The molecule has 0 saturated heterocycles. The predicted molar refractivity (Wildman–Crippen MR) is 93.5 cm³/mol. The van der Waals surface area contributed by atoms with E-state index >= 15 is 0 Å². The van der Waals surface area contributed by atoms with Crippen LogP contribution in [0, 0.1) is 0 Å². The van der Waals surface area contributed by atoms with Gasteiger partial charge in [-0.2, -0.15) is 0 Å². The number of nitrogen functional groups attached to an aromatic ring is 1. The Morgan fingerprint density at radius 1 is 1.09 bits per heavy atom. The molecule has 2 aromatic carbocycles. The molecule has 0 aliphatic rings. The summed E-state index contributed by atoms with van der Waals surface area (Å²) < 4.78 is 7.49. The molecule has 4 aromatic rings. The van der Waals surface area contributed by atoms with Gasteiger partial charge in [0, 0.05) is 0 Å². The van der Waals surface area contributed by atoms with E-state index in [1.54, 1.807) is 18.4 Å². The summed E-state index contributed by atoms with van der Waals surface area (Å²) in [6.07, 6.45) is 0. The first-order chi connectivity index (χ1) is 10.7. The average molecular weight is 328 g/mol. The summed E-state index contributed by atoms with van der Waals surface area (Å²) in [5, 5.41) is 4.70. The van der Waals surface area contributed by atoms with E-state index in [2.05, 4.69) is 10.3 Å². The van der Waals surface area contributed by atoms with Gasteiger partial charge in [-0.25, -0.2) is 9.97 Å². The molecule has 2 heterocycles. The van der Waals surface area contributed by atoms with Crippen LogP contribution in [0.4, 0.5) is 16.0 Å². The number of hydrogen-bond acceptors (Lipinski definition) is 7. The maximum Gasteiger partial charge on any atom is 0.188 e. The predicted octanol–water partition coefficient (Wildman–Crippen LogP) is 4.24. The lowest BCUT2D eigenvalue weighted by atomic mass is 10.3. The van der Waals surface area contributed by atoms with Gasteiger partial charge in [0.2, 0.25) is 0 Å². The number of rotatable bonds is 3. The molecule has 0 spiro atoms. The number of para-hydroxylation sites is 2. The molecule has 0 aliphatic carbocycles. The van der Waals surface area contributed by atoms with Crippen molar-refractivity contribution in [2.24, 2.45) is 0 Å². The molecule has 0 amide bonds. The lowest BCUT2D eigenvalue weighted by Crippen LogP contribution is -1.93. The fourth-order valence-electron chi connectivity index (χ4n) is 2.31. The summed E-state index contributed by atoms with van der Waals surface area (Å²) in [4.78, 5) is 9.00. The number of nitrogens with zero attached hydrogens (tertiary/aromatic N) is 2. The zero-order chi connectivity index (χ0) is 15.1. The molecule has 0 bridgehead atoms. The minimum Gasteiger partial charge on any atom is -0.495 e. The molecule has 0 aliphatic heterocycles. The van der Waals surface area contributed by atoms with Crippen LogP contribution < -0.4 is 15.8 Å². The highest BCUT2D eigenvalue weighted by atomic mass is 32.1. The lowest BCUT2D eigenvalue weighted by molar-refractivity contribution is 0.417. The molecule has 22 heavy (non-hydrogen) atoms. The molecule has 2 aromatic heterocycles. The van der Waals surface area contributed by atoms with Gasteiger partial charge < -0.3 is 15.8 Å².